The number of hydrogen-bond acceptors (Lipinski definition) is 6. The zero-order chi connectivity index (χ0) is 25.8. The Balaban J connectivity index is 1.65. The maximum Gasteiger partial charge on any atom is 0.407 e. The fourth-order valence-electron chi connectivity index (χ4n) is 4.55. The van der Waals surface area contributed by atoms with Gasteiger partial charge in [-0.3, -0.25) is 4.79 Å². The summed E-state index contributed by atoms with van der Waals surface area (Å²) in [6.45, 7) is 5.13. The molecule has 1 atom stereocenters. The summed E-state index contributed by atoms with van der Waals surface area (Å²) in [6, 6.07) is 5.07. The minimum atomic E-state index is -3.90. The molecule has 2 aliphatic rings. The summed E-state index contributed by atoms with van der Waals surface area (Å²) in [4.78, 5) is 25.2. The van der Waals surface area contributed by atoms with Crippen molar-refractivity contribution in [1.82, 2.24) is 18.8 Å². The average Bonchev–Trinajstić information content (AvgIpc) is 2.85. The first-order valence-corrected chi connectivity index (χ1v) is 14.8. The molecular weight excluding hydrogens is 496 g/mol. The van der Waals surface area contributed by atoms with Gasteiger partial charge in [-0.1, -0.05) is 13.8 Å². The van der Waals surface area contributed by atoms with E-state index in [1.165, 1.54) is 37.8 Å². The lowest BCUT2D eigenvalue weighted by Gasteiger charge is -2.34. The van der Waals surface area contributed by atoms with Crippen LogP contribution < -0.4 is 5.32 Å². The fraction of sp³-hybridized carbons (Fsp3) is 0.636. The van der Waals surface area contributed by atoms with Crippen LogP contribution in [0.3, 0.4) is 0 Å². The van der Waals surface area contributed by atoms with Crippen LogP contribution in [0.15, 0.2) is 34.1 Å². The van der Waals surface area contributed by atoms with Crippen LogP contribution in [0.5, 0.6) is 0 Å². The number of nitrogens with one attached hydrogen (secondary N) is 1. The van der Waals surface area contributed by atoms with Gasteiger partial charge in [-0.15, -0.1) is 0 Å². The van der Waals surface area contributed by atoms with Gasteiger partial charge >= 0.3 is 6.09 Å². The highest BCUT2D eigenvalue weighted by Gasteiger charge is 2.35. The Morgan fingerprint density at radius 2 is 1.54 bits per heavy atom. The molecular formula is C22H34N4O7S2. The van der Waals surface area contributed by atoms with E-state index in [1.807, 2.05) is 0 Å². The first-order valence-electron chi connectivity index (χ1n) is 11.9. The number of hydrogen-bond donors (Lipinski definition) is 2. The molecule has 0 bridgehead atoms. The molecule has 35 heavy (non-hydrogen) atoms. The topological polar surface area (TPSA) is 144 Å². The molecule has 1 aromatic carbocycles. The first-order chi connectivity index (χ1) is 16.5. The van der Waals surface area contributed by atoms with Gasteiger partial charge in [0.15, 0.2) is 0 Å². The Bertz CT molecular complexity index is 1110. The molecule has 3 rings (SSSR count). The molecule has 2 N–H and O–H groups in total. The van der Waals surface area contributed by atoms with E-state index in [-0.39, 0.29) is 34.8 Å². The Kier molecular flexibility index (Phi) is 8.78. The van der Waals surface area contributed by atoms with Crippen molar-refractivity contribution in [3.8, 4) is 0 Å². The summed E-state index contributed by atoms with van der Waals surface area (Å²) in [5.74, 6) is -0.724. The molecule has 2 amide bonds. The molecule has 2 saturated heterocycles. The molecule has 0 radical (unpaired) electrons. The van der Waals surface area contributed by atoms with Crippen molar-refractivity contribution in [1.29, 1.82) is 0 Å². The Morgan fingerprint density at radius 3 is 2.09 bits per heavy atom. The number of likely N-dealkylation sites (tertiary alicyclic amines) is 1. The van der Waals surface area contributed by atoms with Gasteiger partial charge < -0.3 is 15.3 Å². The Morgan fingerprint density at radius 1 is 0.971 bits per heavy atom. The number of rotatable bonds is 8. The smallest absolute Gasteiger partial charge is 0.407 e. The highest BCUT2D eigenvalue weighted by molar-refractivity contribution is 7.89. The van der Waals surface area contributed by atoms with Gasteiger partial charge in [0.05, 0.1) is 15.7 Å². The number of piperidine rings is 2. The predicted octanol–water partition coefficient (Wildman–Crippen LogP) is 1.38. The van der Waals surface area contributed by atoms with Crippen LogP contribution in [0.1, 0.15) is 39.5 Å². The summed E-state index contributed by atoms with van der Waals surface area (Å²) < 4.78 is 54.4. The van der Waals surface area contributed by atoms with Crippen molar-refractivity contribution in [3.05, 3.63) is 24.3 Å². The molecule has 0 aromatic heterocycles. The van der Waals surface area contributed by atoms with E-state index >= 15 is 0 Å². The van der Waals surface area contributed by atoms with Gasteiger partial charge in [0.25, 0.3) is 0 Å². The molecule has 13 heteroatoms. The summed E-state index contributed by atoms with van der Waals surface area (Å²) in [7, 11) is -7.59. The number of carbonyl (C=O) groups is 2. The Hall–Kier alpha value is -2.22. The van der Waals surface area contributed by atoms with E-state index in [0.29, 0.717) is 51.9 Å². The minimum absolute atomic E-state index is 0.0157. The van der Waals surface area contributed by atoms with Crippen LogP contribution in [-0.2, 0) is 24.8 Å². The molecule has 0 spiro atoms. The Labute approximate surface area is 207 Å². The molecule has 2 heterocycles. The lowest BCUT2D eigenvalue weighted by atomic mass is 9.97. The molecule has 1 aromatic rings. The lowest BCUT2D eigenvalue weighted by Crippen LogP contribution is -2.50. The van der Waals surface area contributed by atoms with E-state index in [9.17, 15) is 26.4 Å². The maximum absolute atomic E-state index is 13.2. The van der Waals surface area contributed by atoms with Crippen LogP contribution in [0.25, 0.3) is 0 Å². The van der Waals surface area contributed by atoms with Crippen LogP contribution >= 0.6 is 0 Å². The number of amides is 2. The van der Waals surface area contributed by atoms with E-state index in [2.05, 4.69) is 5.32 Å². The summed E-state index contributed by atoms with van der Waals surface area (Å²) in [5.41, 5.74) is 0. The van der Waals surface area contributed by atoms with Crippen LogP contribution in [-0.4, -0.2) is 92.8 Å². The van der Waals surface area contributed by atoms with E-state index < -0.39 is 32.1 Å². The van der Waals surface area contributed by atoms with Gasteiger partial charge in [-0.05, 0) is 49.9 Å². The van der Waals surface area contributed by atoms with Crippen LogP contribution in [0, 0.1) is 5.92 Å². The van der Waals surface area contributed by atoms with Crippen molar-refractivity contribution >= 4 is 32.0 Å². The number of carboxylic acid groups (broad SMARTS) is 1. The third kappa shape index (κ3) is 6.13. The number of carbonyl (C=O) groups excluding carboxylic acids is 1. The number of nitrogens with zero attached hydrogens (tertiary/aromatic N) is 3. The van der Waals surface area contributed by atoms with Crippen molar-refractivity contribution < 1.29 is 31.5 Å². The summed E-state index contributed by atoms with van der Waals surface area (Å²) in [6.07, 6.45) is 1.17. The van der Waals surface area contributed by atoms with E-state index in [1.54, 1.807) is 13.8 Å². The normalized spacial score (nSPS) is 20.7. The second-order valence-electron chi connectivity index (χ2n) is 8.82. The maximum atomic E-state index is 13.2. The van der Waals surface area contributed by atoms with Gasteiger partial charge in [-0.25, -0.2) is 21.6 Å². The lowest BCUT2D eigenvalue weighted by molar-refractivity contribution is -0.127. The highest BCUT2D eigenvalue weighted by atomic mass is 32.2. The third-order valence-corrected chi connectivity index (χ3v) is 10.6. The van der Waals surface area contributed by atoms with Crippen LogP contribution in [0.4, 0.5) is 4.79 Å². The second kappa shape index (κ2) is 11.2. The standard InChI is InChI=1S/C22H34N4O7S2/c1-3-25(4-2)34(30,31)19-7-9-20(10-8-19)35(32,33)26-13-5-6-17(16-26)21(27)23-18-11-14-24(15-12-18)22(28)29/h7-10,17-18H,3-6,11-16H2,1-2H3,(H,23,27)(H,28,29)/t17-/m1/s1. The molecule has 196 valence electrons. The fourth-order valence-corrected chi connectivity index (χ4v) is 7.54. The van der Waals surface area contributed by atoms with Crippen molar-refractivity contribution in [2.75, 3.05) is 39.3 Å². The number of benzene rings is 1. The van der Waals surface area contributed by atoms with Gasteiger partial charge in [0.2, 0.25) is 26.0 Å². The largest absolute Gasteiger partial charge is 0.465 e. The average molecular weight is 531 g/mol. The first kappa shape index (κ1) is 27.4. The molecule has 0 aliphatic carbocycles. The predicted molar refractivity (Wildman–Crippen MR) is 129 cm³/mol. The minimum Gasteiger partial charge on any atom is -0.465 e. The molecule has 11 nitrogen and oxygen atoms in total. The molecule has 2 aliphatic heterocycles. The SMILES string of the molecule is CCN(CC)S(=O)(=O)c1ccc(S(=O)(=O)N2CCC[C@@H](C(=O)NC3CCN(C(=O)O)CC3)C2)cc1. The second-order valence-corrected chi connectivity index (χ2v) is 12.7. The zero-order valence-electron chi connectivity index (χ0n) is 20.1. The van der Waals surface area contributed by atoms with E-state index in [0.717, 1.165) is 0 Å². The van der Waals surface area contributed by atoms with E-state index in [4.69, 9.17) is 5.11 Å². The van der Waals surface area contributed by atoms with Crippen molar-refractivity contribution in [3.63, 3.8) is 0 Å². The monoisotopic (exact) mass is 530 g/mol. The van der Waals surface area contributed by atoms with Gasteiger partial charge in [-0.2, -0.15) is 8.61 Å². The summed E-state index contributed by atoms with van der Waals surface area (Å²) in [5, 5.41) is 12.0. The molecule has 0 saturated carbocycles. The summed E-state index contributed by atoms with van der Waals surface area (Å²) >= 11 is 0. The third-order valence-electron chi connectivity index (χ3n) is 6.67. The highest BCUT2D eigenvalue weighted by Crippen LogP contribution is 2.26. The van der Waals surface area contributed by atoms with Gasteiger partial charge in [0.1, 0.15) is 0 Å². The van der Waals surface area contributed by atoms with Crippen molar-refractivity contribution in [2.45, 2.75) is 55.4 Å². The number of sulfonamides is 2. The van der Waals surface area contributed by atoms with Crippen molar-refractivity contribution in [2.24, 2.45) is 5.92 Å². The zero-order valence-corrected chi connectivity index (χ0v) is 21.7. The molecule has 2 fully saturated rings. The molecule has 0 unspecified atom stereocenters. The van der Waals surface area contributed by atoms with Crippen LogP contribution in [0.2, 0.25) is 0 Å². The van der Waals surface area contributed by atoms with Gasteiger partial charge in [0, 0.05) is 45.3 Å². The quantitative estimate of drug-likeness (QED) is 0.516.